The number of aliphatic hydroxyl groups excluding tert-OH is 1. The van der Waals surface area contributed by atoms with Crippen LogP contribution in [0.15, 0.2) is 83.1 Å². The van der Waals surface area contributed by atoms with Crippen LogP contribution >= 0.6 is 11.8 Å². The Labute approximate surface area is 267 Å². The van der Waals surface area contributed by atoms with E-state index in [4.69, 9.17) is 9.15 Å². The van der Waals surface area contributed by atoms with Gasteiger partial charge in [-0.25, -0.2) is 4.79 Å². The van der Waals surface area contributed by atoms with Crippen molar-refractivity contribution in [2.45, 2.75) is 76.3 Å². The van der Waals surface area contributed by atoms with Gasteiger partial charge in [0.15, 0.2) is 11.4 Å². The van der Waals surface area contributed by atoms with Gasteiger partial charge in [-0.05, 0) is 97.6 Å². The average Bonchev–Trinajstić information content (AvgIpc) is 3.68. The molecule has 5 unspecified atom stereocenters. The zero-order chi connectivity index (χ0) is 31.4. The summed E-state index contributed by atoms with van der Waals surface area (Å²) < 4.78 is 11.7. The standard InChI is InChI=1S/C37H39NO6S/c1-35-16-14-26(39)20-25(35)12-13-27-28-15-17-37(36(28,2)21-30(40)32(27)35,44-33(41)31-7-5-19-43-31)34(42)45-22-23-8-10-24(11-9-23)29-6-3-4-18-38-29/h3-11,18-20,27-28,30,32,40H,12-17,21-22H2,1-2H3/t27?,28?,30-,32?,35?,36?,37-/m0/s1. The Morgan fingerprint density at radius 2 is 1.87 bits per heavy atom. The summed E-state index contributed by atoms with van der Waals surface area (Å²) in [5.41, 5.74) is 1.62. The second kappa shape index (κ2) is 11.4. The summed E-state index contributed by atoms with van der Waals surface area (Å²) in [6, 6.07) is 17.0. The van der Waals surface area contributed by atoms with Crippen molar-refractivity contribution in [3.05, 3.63) is 90.0 Å². The molecule has 3 aromatic rings. The Morgan fingerprint density at radius 1 is 1.04 bits per heavy atom. The smallest absolute Gasteiger partial charge is 0.375 e. The van der Waals surface area contributed by atoms with E-state index in [9.17, 15) is 19.5 Å². The molecule has 4 aliphatic rings. The molecule has 45 heavy (non-hydrogen) atoms. The van der Waals surface area contributed by atoms with Crippen LogP contribution in [-0.4, -0.2) is 38.7 Å². The third-order valence-corrected chi connectivity index (χ3v) is 12.7. The molecule has 7 rings (SSSR count). The lowest BCUT2D eigenvalue weighted by Crippen LogP contribution is -2.62. The Morgan fingerprint density at radius 3 is 2.60 bits per heavy atom. The molecule has 7 nitrogen and oxygen atoms in total. The molecule has 1 aromatic carbocycles. The summed E-state index contributed by atoms with van der Waals surface area (Å²) in [6.45, 7) is 4.27. The minimum atomic E-state index is -1.41. The number of carbonyl (C=O) groups is 3. The van der Waals surface area contributed by atoms with Crippen LogP contribution in [0.5, 0.6) is 0 Å². The van der Waals surface area contributed by atoms with E-state index >= 15 is 0 Å². The topological polar surface area (TPSA) is 107 Å². The average molecular weight is 626 g/mol. The van der Waals surface area contributed by atoms with E-state index in [2.05, 4.69) is 18.8 Å². The van der Waals surface area contributed by atoms with Gasteiger partial charge in [-0.1, -0.05) is 61.5 Å². The molecule has 4 aliphatic carbocycles. The second-order valence-corrected chi connectivity index (χ2v) is 14.7. The number of allylic oxidation sites excluding steroid dienone is 1. The van der Waals surface area contributed by atoms with Crippen LogP contribution in [0, 0.1) is 28.6 Å². The van der Waals surface area contributed by atoms with E-state index < -0.39 is 23.1 Å². The SMILES string of the molecule is CC12CCC(=O)C=C1CCC1C2[C@@H](O)CC2(C)C1CC[C@]2(OC(=O)c1ccco1)C(=O)SCc1ccc(-c2ccccn2)cc1. The van der Waals surface area contributed by atoms with Gasteiger partial charge >= 0.3 is 5.97 Å². The van der Waals surface area contributed by atoms with Crippen LogP contribution in [0.25, 0.3) is 11.3 Å². The Bertz CT molecular complexity index is 1630. The number of thioether (sulfide) groups is 1. The van der Waals surface area contributed by atoms with Crippen molar-refractivity contribution in [1.82, 2.24) is 4.98 Å². The molecule has 3 saturated carbocycles. The Balaban J connectivity index is 1.18. The van der Waals surface area contributed by atoms with Gasteiger partial charge in [-0.15, -0.1) is 0 Å². The highest BCUT2D eigenvalue weighted by atomic mass is 32.2. The molecular weight excluding hydrogens is 586 g/mol. The lowest BCUT2D eigenvalue weighted by Gasteiger charge is -2.60. The highest BCUT2D eigenvalue weighted by Crippen LogP contribution is 2.69. The summed E-state index contributed by atoms with van der Waals surface area (Å²) >= 11 is 1.18. The first-order valence-electron chi connectivity index (χ1n) is 16.0. The first-order chi connectivity index (χ1) is 21.6. The van der Waals surface area contributed by atoms with Crippen LogP contribution in [0.4, 0.5) is 0 Å². The molecule has 1 N–H and O–H groups in total. The molecule has 0 saturated heterocycles. The summed E-state index contributed by atoms with van der Waals surface area (Å²) in [6.07, 6.45) is 8.72. The quantitative estimate of drug-likeness (QED) is 0.287. The fourth-order valence-electron chi connectivity index (χ4n) is 9.39. The van der Waals surface area contributed by atoms with Crippen LogP contribution in [0.2, 0.25) is 0 Å². The van der Waals surface area contributed by atoms with Crippen molar-refractivity contribution in [3.8, 4) is 11.3 Å². The van der Waals surface area contributed by atoms with Crippen LogP contribution in [-0.2, 0) is 20.1 Å². The number of fused-ring (bicyclic) bond motifs is 5. The van der Waals surface area contributed by atoms with Gasteiger partial charge in [0.1, 0.15) is 0 Å². The zero-order valence-corrected chi connectivity index (χ0v) is 26.6. The number of carbonyl (C=O) groups excluding carboxylic acids is 3. The van der Waals surface area contributed by atoms with E-state index in [1.807, 2.05) is 48.5 Å². The predicted molar refractivity (Wildman–Crippen MR) is 171 cm³/mol. The molecule has 0 radical (unpaired) electrons. The maximum atomic E-state index is 14.5. The number of esters is 1. The van der Waals surface area contributed by atoms with Crippen molar-refractivity contribution in [2.75, 3.05) is 0 Å². The summed E-state index contributed by atoms with van der Waals surface area (Å²) in [5.74, 6) is 0.264. The van der Waals surface area contributed by atoms with Gasteiger partial charge in [-0.3, -0.25) is 14.6 Å². The fourth-order valence-corrected chi connectivity index (χ4v) is 10.5. The lowest BCUT2D eigenvalue weighted by atomic mass is 9.45. The minimum Gasteiger partial charge on any atom is -0.457 e. The molecule has 8 heteroatoms. The van der Waals surface area contributed by atoms with Crippen molar-refractivity contribution < 1.29 is 28.6 Å². The number of aromatic nitrogens is 1. The van der Waals surface area contributed by atoms with Crippen LogP contribution in [0.3, 0.4) is 0 Å². The maximum absolute atomic E-state index is 14.5. The molecule has 0 spiro atoms. The van der Waals surface area contributed by atoms with Gasteiger partial charge in [0.05, 0.1) is 18.1 Å². The van der Waals surface area contributed by atoms with E-state index in [0.717, 1.165) is 48.1 Å². The number of benzene rings is 1. The van der Waals surface area contributed by atoms with Crippen molar-refractivity contribution in [1.29, 1.82) is 0 Å². The number of pyridine rings is 1. The maximum Gasteiger partial charge on any atom is 0.375 e. The molecule has 3 fully saturated rings. The third-order valence-electron chi connectivity index (χ3n) is 11.6. The fraction of sp³-hybridized carbons (Fsp3) is 0.459. The van der Waals surface area contributed by atoms with Gasteiger partial charge in [0, 0.05) is 29.3 Å². The number of ether oxygens (including phenoxy) is 1. The lowest BCUT2D eigenvalue weighted by molar-refractivity contribution is -0.176. The second-order valence-electron chi connectivity index (χ2n) is 13.8. The first-order valence-corrected chi connectivity index (χ1v) is 17.0. The Kier molecular flexibility index (Phi) is 7.64. The first kappa shape index (κ1) is 30.2. The highest BCUT2D eigenvalue weighted by Gasteiger charge is 2.70. The zero-order valence-electron chi connectivity index (χ0n) is 25.7. The summed E-state index contributed by atoms with van der Waals surface area (Å²) in [4.78, 5) is 44.7. The molecule has 0 aliphatic heterocycles. The van der Waals surface area contributed by atoms with Crippen LogP contribution in [0.1, 0.15) is 74.9 Å². The van der Waals surface area contributed by atoms with E-state index in [1.165, 1.54) is 18.0 Å². The van der Waals surface area contributed by atoms with Crippen molar-refractivity contribution >= 4 is 28.6 Å². The molecule has 234 valence electrons. The van der Waals surface area contributed by atoms with Crippen molar-refractivity contribution in [3.63, 3.8) is 0 Å². The largest absolute Gasteiger partial charge is 0.457 e. The number of hydrogen-bond acceptors (Lipinski definition) is 8. The van der Waals surface area contributed by atoms with Gasteiger partial charge < -0.3 is 14.3 Å². The monoisotopic (exact) mass is 625 g/mol. The predicted octanol–water partition coefficient (Wildman–Crippen LogP) is 7.20. The Hall–Kier alpha value is -3.49. The number of aliphatic hydroxyl groups is 1. The number of furan rings is 1. The molecule has 0 bridgehead atoms. The molecule has 2 aromatic heterocycles. The third kappa shape index (κ3) is 4.92. The molecular formula is C37H39NO6S. The van der Waals surface area contributed by atoms with Crippen LogP contribution < -0.4 is 0 Å². The summed E-state index contributed by atoms with van der Waals surface area (Å²) in [7, 11) is 0. The molecule has 0 amide bonds. The minimum absolute atomic E-state index is 0.000578. The van der Waals surface area contributed by atoms with E-state index in [0.29, 0.717) is 25.0 Å². The normalized spacial score (nSPS) is 33.8. The number of hydrogen-bond donors (Lipinski definition) is 1. The van der Waals surface area contributed by atoms with Gasteiger partial charge in [-0.2, -0.15) is 0 Å². The number of rotatable bonds is 6. The number of nitrogens with zero attached hydrogens (tertiary/aromatic N) is 1. The van der Waals surface area contributed by atoms with Gasteiger partial charge in [0.25, 0.3) is 0 Å². The summed E-state index contributed by atoms with van der Waals surface area (Å²) in [5, 5.41) is 11.8. The highest BCUT2D eigenvalue weighted by molar-refractivity contribution is 8.13. The molecule has 7 atom stereocenters. The van der Waals surface area contributed by atoms with E-state index in [-0.39, 0.29) is 39.8 Å². The van der Waals surface area contributed by atoms with Gasteiger partial charge in [0.2, 0.25) is 10.9 Å². The number of ketones is 1. The molecule has 2 heterocycles. The van der Waals surface area contributed by atoms with E-state index in [1.54, 1.807) is 18.3 Å². The van der Waals surface area contributed by atoms with Crippen molar-refractivity contribution in [2.24, 2.45) is 28.6 Å².